The highest BCUT2D eigenvalue weighted by molar-refractivity contribution is 6.08. The summed E-state index contributed by atoms with van der Waals surface area (Å²) >= 11 is 0. The molecular weight excluding hydrogens is 248 g/mol. The molecule has 0 aromatic carbocycles. The molecule has 2 N–H and O–H groups in total. The molecule has 6 nitrogen and oxygen atoms in total. The summed E-state index contributed by atoms with van der Waals surface area (Å²) in [5, 5.41) is 12.1. The summed E-state index contributed by atoms with van der Waals surface area (Å²) in [6.45, 7) is 4.37. The van der Waals surface area contributed by atoms with E-state index in [1.165, 1.54) is 4.90 Å². The Hall–Kier alpha value is -1.43. The minimum atomic E-state index is -0.997. The number of nitrogens with one attached hydrogen (secondary N) is 1. The van der Waals surface area contributed by atoms with Crippen LogP contribution < -0.4 is 5.32 Å². The molecule has 0 bridgehead atoms. The van der Waals surface area contributed by atoms with Gasteiger partial charge in [-0.05, 0) is 32.7 Å². The fourth-order valence-electron chi connectivity index (χ4n) is 2.72. The van der Waals surface area contributed by atoms with Crippen LogP contribution in [0.2, 0.25) is 0 Å². The number of imide groups is 1. The van der Waals surface area contributed by atoms with Crippen molar-refractivity contribution in [3.63, 3.8) is 0 Å². The number of hydrogen-bond acceptors (Lipinski definition) is 4. The van der Waals surface area contributed by atoms with Crippen LogP contribution in [0.3, 0.4) is 0 Å². The average Bonchev–Trinajstić information content (AvgIpc) is 3.09. The first-order chi connectivity index (χ1) is 8.90. The topological polar surface area (TPSA) is 86.7 Å². The number of carboxylic acid groups (broad SMARTS) is 1. The van der Waals surface area contributed by atoms with E-state index in [-0.39, 0.29) is 23.7 Å². The van der Waals surface area contributed by atoms with E-state index in [9.17, 15) is 19.5 Å². The highest BCUT2D eigenvalue weighted by Crippen LogP contribution is 2.46. The van der Waals surface area contributed by atoms with E-state index in [2.05, 4.69) is 5.32 Å². The Morgan fingerprint density at radius 1 is 1.42 bits per heavy atom. The number of nitrogens with zero attached hydrogens (tertiary/aromatic N) is 1. The van der Waals surface area contributed by atoms with Crippen LogP contribution in [0.5, 0.6) is 0 Å². The molecule has 1 aliphatic heterocycles. The smallest absolute Gasteiger partial charge is 0.323 e. The molecule has 106 valence electrons. The van der Waals surface area contributed by atoms with E-state index < -0.39 is 11.5 Å². The van der Waals surface area contributed by atoms with Crippen LogP contribution in [0.1, 0.15) is 33.1 Å². The molecule has 0 aromatic rings. The van der Waals surface area contributed by atoms with Gasteiger partial charge < -0.3 is 10.4 Å². The van der Waals surface area contributed by atoms with Gasteiger partial charge in [-0.3, -0.25) is 19.3 Å². The standard InChI is InChI=1S/C13H20N2O4/c1-3-14-13(2,12(18)19)5-4-6-15-10(16)8-7-9(8)11(15)17/h8-9,14H,3-7H2,1-2H3,(H,18,19). The number of piperidine rings is 1. The zero-order valence-corrected chi connectivity index (χ0v) is 11.3. The summed E-state index contributed by atoms with van der Waals surface area (Å²) in [5.41, 5.74) is -0.997. The van der Waals surface area contributed by atoms with E-state index in [4.69, 9.17) is 0 Å². The van der Waals surface area contributed by atoms with E-state index in [1.807, 2.05) is 6.92 Å². The molecule has 2 fully saturated rings. The zero-order chi connectivity index (χ0) is 14.2. The van der Waals surface area contributed by atoms with Crippen LogP contribution in [0, 0.1) is 11.8 Å². The summed E-state index contributed by atoms with van der Waals surface area (Å²) in [4.78, 5) is 36.0. The van der Waals surface area contributed by atoms with Crippen LogP contribution in [-0.4, -0.2) is 46.4 Å². The predicted molar refractivity (Wildman–Crippen MR) is 67.3 cm³/mol. The first-order valence-electron chi connectivity index (χ1n) is 6.74. The van der Waals surface area contributed by atoms with Gasteiger partial charge in [-0.15, -0.1) is 0 Å². The van der Waals surface area contributed by atoms with Crippen LogP contribution in [0.4, 0.5) is 0 Å². The van der Waals surface area contributed by atoms with Gasteiger partial charge in [0.05, 0.1) is 11.8 Å². The summed E-state index contributed by atoms with van der Waals surface area (Å²) in [6, 6.07) is 0. The van der Waals surface area contributed by atoms with Crippen molar-refractivity contribution in [1.29, 1.82) is 0 Å². The maximum absolute atomic E-state index is 11.7. The minimum Gasteiger partial charge on any atom is -0.480 e. The summed E-state index contributed by atoms with van der Waals surface area (Å²) in [6.07, 6.45) is 1.60. The van der Waals surface area contributed by atoms with Crippen molar-refractivity contribution in [3.8, 4) is 0 Å². The molecule has 19 heavy (non-hydrogen) atoms. The molecule has 1 saturated carbocycles. The molecule has 6 heteroatoms. The fourth-order valence-corrected chi connectivity index (χ4v) is 2.72. The second kappa shape index (κ2) is 4.92. The lowest BCUT2D eigenvalue weighted by Gasteiger charge is -2.26. The molecule has 2 amide bonds. The zero-order valence-electron chi connectivity index (χ0n) is 11.3. The Balaban J connectivity index is 1.84. The van der Waals surface area contributed by atoms with Crippen LogP contribution in [0.25, 0.3) is 0 Å². The quantitative estimate of drug-likeness (QED) is 0.645. The normalized spacial score (nSPS) is 28.2. The molecular formula is C13H20N2O4. The van der Waals surface area contributed by atoms with Crippen molar-refractivity contribution in [2.24, 2.45) is 11.8 Å². The van der Waals surface area contributed by atoms with Crippen molar-refractivity contribution < 1.29 is 19.5 Å². The number of hydrogen-bond donors (Lipinski definition) is 2. The summed E-state index contributed by atoms with van der Waals surface area (Å²) in [5.74, 6) is -1.21. The molecule has 3 atom stereocenters. The number of fused-ring (bicyclic) bond motifs is 1. The Bertz CT molecular complexity index is 403. The Labute approximate surface area is 112 Å². The van der Waals surface area contributed by atoms with Gasteiger partial charge >= 0.3 is 5.97 Å². The van der Waals surface area contributed by atoms with Crippen LogP contribution >= 0.6 is 0 Å². The van der Waals surface area contributed by atoms with Gasteiger partial charge in [-0.25, -0.2) is 0 Å². The average molecular weight is 268 g/mol. The lowest BCUT2D eigenvalue weighted by atomic mass is 9.95. The highest BCUT2D eigenvalue weighted by Gasteiger charge is 2.58. The third-order valence-corrected chi connectivity index (χ3v) is 4.05. The molecule has 0 aromatic heterocycles. The number of amides is 2. The SMILES string of the molecule is CCNC(C)(CCCN1C(=O)C2CC2C1=O)C(=O)O. The molecule has 0 radical (unpaired) electrons. The van der Waals surface area contributed by atoms with Crippen molar-refractivity contribution >= 4 is 17.8 Å². The monoisotopic (exact) mass is 268 g/mol. The number of likely N-dealkylation sites (N-methyl/N-ethyl adjacent to an activating group) is 1. The van der Waals surface area contributed by atoms with Gasteiger partial charge in [0.15, 0.2) is 0 Å². The molecule has 1 aliphatic carbocycles. The first-order valence-corrected chi connectivity index (χ1v) is 6.74. The Morgan fingerprint density at radius 3 is 2.47 bits per heavy atom. The summed E-state index contributed by atoms with van der Waals surface area (Å²) in [7, 11) is 0. The highest BCUT2D eigenvalue weighted by atomic mass is 16.4. The van der Waals surface area contributed by atoms with Gasteiger partial charge in [0.25, 0.3) is 0 Å². The molecule has 1 saturated heterocycles. The third kappa shape index (κ3) is 2.49. The van der Waals surface area contributed by atoms with Crippen molar-refractivity contribution in [2.75, 3.05) is 13.1 Å². The molecule has 1 heterocycles. The second-order valence-corrected chi connectivity index (χ2v) is 5.55. The first kappa shape index (κ1) is 14.0. The Morgan fingerprint density at radius 2 is 2.00 bits per heavy atom. The maximum Gasteiger partial charge on any atom is 0.323 e. The number of aliphatic carboxylic acids is 1. The predicted octanol–water partition coefficient (Wildman–Crippen LogP) is 0.224. The van der Waals surface area contributed by atoms with Gasteiger partial charge in [0, 0.05) is 6.54 Å². The number of rotatable bonds is 7. The molecule has 3 unspecified atom stereocenters. The van der Waals surface area contributed by atoms with Gasteiger partial charge in [-0.1, -0.05) is 6.92 Å². The number of carboxylic acids is 1. The fraction of sp³-hybridized carbons (Fsp3) is 0.769. The molecule has 2 aliphatic rings. The van der Waals surface area contributed by atoms with Crippen molar-refractivity contribution in [1.82, 2.24) is 10.2 Å². The second-order valence-electron chi connectivity index (χ2n) is 5.55. The van der Waals surface area contributed by atoms with Crippen molar-refractivity contribution in [3.05, 3.63) is 0 Å². The number of carbonyl (C=O) groups excluding carboxylic acids is 2. The van der Waals surface area contributed by atoms with E-state index in [0.29, 0.717) is 32.4 Å². The van der Waals surface area contributed by atoms with Crippen LogP contribution in [0.15, 0.2) is 0 Å². The Kier molecular flexibility index (Phi) is 3.62. The van der Waals surface area contributed by atoms with Crippen LogP contribution in [-0.2, 0) is 14.4 Å². The third-order valence-electron chi connectivity index (χ3n) is 4.05. The summed E-state index contributed by atoms with van der Waals surface area (Å²) < 4.78 is 0. The van der Waals surface area contributed by atoms with E-state index >= 15 is 0 Å². The molecule has 0 spiro atoms. The largest absolute Gasteiger partial charge is 0.480 e. The minimum absolute atomic E-state index is 0.0736. The lowest BCUT2D eigenvalue weighted by Crippen LogP contribution is -2.49. The number of carbonyl (C=O) groups is 3. The van der Waals surface area contributed by atoms with Gasteiger partial charge in [0.2, 0.25) is 11.8 Å². The van der Waals surface area contributed by atoms with Crippen molar-refractivity contribution in [2.45, 2.75) is 38.6 Å². The molecule has 2 rings (SSSR count). The maximum atomic E-state index is 11.7. The van der Waals surface area contributed by atoms with E-state index in [1.54, 1.807) is 6.92 Å². The lowest BCUT2D eigenvalue weighted by molar-refractivity contribution is -0.144. The van der Waals surface area contributed by atoms with Gasteiger partial charge in [-0.2, -0.15) is 0 Å². The van der Waals surface area contributed by atoms with E-state index in [0.717, 1.165) is 0 Å². The number of likely N-dealkylation sites (tertiary alicyclic amines) is 1. The van der Waals surface area contributed by atoms with Gasteiger partial charge in [0.1, 0.15) is 5.54 Å².